The molecule has 0 bridgehead atoms. The lowest BCUT2D eigenvalue weighted by Crippen LogP contribution is -2.32. The van der Waals surface area contributed by atoms with Crippen LogP contribution >= 0.6 is 0 Å². The zero-order chi connectivity index (χ0) is 21.6. The summed E-state index contributed by atoms with van der Waals surface area (Å²) in [5.74, 6) is 1.04. The summed E-state index contributed by atoms with van der Waals surface area (Å²) in [6.45, 7) is 1.99. The van der Waals surface area contributed by atoms with Crippen molar-refractivity contribution in [3.05, 3.63) is 95.6 Å². The summed E-state index contributed by atoms with van der Waals surface area (Å²) in [5, 5.41) is 15.5. The van der Waals surface area contributed by atoms with E-state index in [1.165, 1.54) is 4.80 Å². The van der Waals surface area contributed by atoms with E-state index in [9.17, 15) is 4.79 Å². The molecule has 1 amide bonds. The number of nitrogens with one attached hydrogen (secondary N) is 1. The molecule has 1 aromatic heterocycles. The van der Waals surface area contributed by atoms with E-state index >= 15 is 0 Å². The topological polar surface area (TPSA) is 81.9 Å². The molecule has 0 aliphatic heterocycles. The molecule has 0 aliphatic rings. The lowest BCUT2D eigenvalue weighted by molar-refractivity contribution is -0.122. The monoisotopic (exact) mass is 413 g/mol. The number of carbonyl (C=O) groups is 1. The zero-order valence-corrected chi connectivity index (χ0v) is 17.4. The first-order valence-corrected chi connectivity index (χ1v) is 9.95. The molecule has 1 atom stereocenters. The largest absolute Gasteiger partial charge is 0.497 e. The van der Waals surface area contributed by atoms with Gasteiger partial charge in [0, 0.05) is 5.56 Å². The predicted octanol–water partition coefficient (Wildman–Crippen LogP) is 3.56. The Morgan fingerprint density at radius 2 is 1.65 bits per heavy atom. The highest BCUT2D eigenvalue weighted by atomic mass is 16.5. The summed E-state index contributed by atoms with van der Waals surface area (Å²) in [5.41, 5.74) is 3.94. The van der Waals surface area contributed by atoms with Gasteiger partial charge < -0.3 is 10.1 Å². The second kappa shape index (κ2) is 9.21. The summed E-state index contributed by atoms with van der Waals surface area (Å²) in [6.07, 6.45) is 0. The molecule has 7 heteroatoms. The van der Waals surface area contributed by atoms with Crippen LogP contribution in [0.1, 0.15) is 22.7 Å². The van der Waals surface area contributed by atoms with Crippen LogP contribution in [0, 0.1) is 6.92 Å². The van der Waals surface area contributed by atoms with Crippen LogP contribution in [-0.2, 0) is 11.3 Å². The number of nitrogens with zero attached hydrogens (tertiary/aromatic N) is 4. The van der Waals surface area contributed by atoms with Crippen molar-refractivity contribution in [2.24, 2.45) is 0 Å². The lowest BCUT2D eigenvalue weighted by Gasteiger charge is -2.20. The third-order valence-corrected chi connectivity index (χ3v) is 4.94. The Kier molecular flexibility index (Phi) is 6.03. The maximum Gasteiger partial charge on any atom is 0.244 e. The van der Waals surface area contributed by atoms with Crippen molar-refractivity contribution in [1.82, 2.24) is 25.5 Å². The highest BCUT2D eigenvalue weighted by Crippen LogP contribution is 2.24. The molecule has 0 spiro atoms. The Morgan fingerprint density at radius 1 is 0.968 bits per heavy atom. The molecule has 4 rings (SSSR count). The first-order valence-electron chi connectivity index (χ1n) is 9.95. The Balaban J connectivity index is 1.50. The molecule has 4 aromatic rings. The number of aromatic nitrogens is 4. The van der Waals surface area contributed by atoms with Crippen molar-refractivity contribution in [3.8, 4) is 17.1 Å². The summed E-state index contributed by atoms with van der Waals surface area (Å²) in [6, 6.07) is 25.0. The number of benzene rings is 3. The Morgan fingerprint density at radius 3 is 2.32 bits per heavy atom. The molecule has 156 valence electrons. The number of hydrogen-bond acceptors (Lipinski definition) is 5. The van der Waals surface area contributed by atoms with Crippen molar-refractivity contribution in [3.63, 3.8) is 0 Å². The van der Waals surface area contributed by atoms with Crippen LogP contribution < -0.4 is 10.1 Å². The predicted molar refractivity (Wildman–Crippen MR) is 117 cm³/mol. The molecular weight excluding hydrogens is 390 g/mol. The maximum absolute atomic E-state index is 12.8. The Labute approximate surface area is 180 Å². The van der Waals surface area contributed by atoms with Crippen LogP contribution in [0.5, 0.6) is 5.75 Å². The van der Waals surface area contributed by atoms with E-state index in [4.69, 9.17) is 4.74 Å². The van der Waals surface area contributed by atoms with E-state index in [2.05, 4.69) is 20.7 Å². The van der Waals surface area contributed by atoms with E-state index in [1.807, 2.05) is 85.8 Å². The van der Waals surface area contributed by atoms with Gasteiger partial charge in [-0.3, -0.25) is 4.79 Å². The summed E-state index contributed by atoms with van der Waals surface area (Å²) >= 11 is 0. The van der Waals surface area contributed by atoms with Crippen LogP contribution in [0.15, 0.2) is 78.9 Å². The first kappa shape index (κ1) is 20.3. The minimum atomic E-state index is -0.306. The molecule has 0 unspecified atom stereocenters. The average molecular weight is 413 g/mol. The van der Waals surface area contributed by atoms with Crippen LogP contribution in [0.3, 0.4) is 0 Å². The lowest BCUT2D eigenvalue weighted by atomic mass is 9.98. The molecular formula is C24H23N5O2. The van der Waals surface area contributed by atoms with Crippen molar-refractivity contribution in [1.29, 1.82) is 0 Å². The highest BCUT2D eigenvalue weighted by Gasteiger charge is 2.18. The van der Waals surface area contributed by atoms with E-state index in [0.29, 0.717) is 5.82 Å². The molecule has 1 heterocycles. The van der Waals surface area contributed by atoms with Crippen LogP contribution in [0.2, 0.25) is 0 Å². The quantitative estimate of drug-likeness (QED) is 0.501. The number of aryl methyl sites for hydroxylation is 1. The molecule has 1 N–H and O–H groups in total. The highest BCUT2D eigenvalue weighted by molar-refractivity contribution is 5.76. The molecule has 3 aromatic carbocycles. The van der Waals surface area contributed by atoms with Gasteiger partial charge in [-0.05, 0) is 35.4 Å². The smallest absolute Gasteiger partial charge is 0.244 e. The number of ether oxygens (including phenoxy) is 1. The van der Waals surface area contributed by atoms with Gasteiger partial charge >= 0.3 is 0 Å². The second-order valence-electron chi connectivity index (χ2n) is 7.19. The van der Waals surface area contributed by atoms with Gasteiger partial charge in [0.2, 0.25) is 11.7 Å². The standard InChI is InChI=1S/C24H23N5O2/c1-17-8-10-20(11-9-17)24-26-28-29(27-24)16-22(30)25-23(18-6-4-3-5-7-18)19-12-14-21(31-2)15-13-19/h3-15,23H,16H2,1-2H3,(H,25,30)/t23-/m1/s1. The molecule has 0 saturated carbocycles. The molecule has 31 heavy (non-hydrogen) atoms. The van der Waals surface area contributed by atoms with Gasteiger partial charge in [-0.25, -0.2) is 0 Å². The van der Waals surface area contributed by atoms with Gasteiger partial charge in [0.05, 0.1) is 13.2 Å². The Bertz CT molecular complexity index is 1140. The number of hydrogen-bond donors (Lipinski definition) is 1. The third-order valence-electron chi connectivity index (χ3n) is 4.94. The number of rotatable bonds is 7. The fourth-order valence-corrected chi connectivity index (χ4v) is 3.26. The van der Waals surface area contributed by atoms with E-state index in [-0.39, 0.29) is 18.5 Å². The van der Waals surface area contributed by atoms with Crippen molar-refractivity contribution < 1.29 is 9.53 Å². The van der Waals surface area contributed by atoms with Crippen molar-refractivity contribution >= 4 is 5.91 Å². The SMILES string of the molecule is COc1ccc([C@H](NC(=O)Cn2nnc(-c3ccc(C)cc3)n2)c2ccccc2)cc1. The van der Waals surface area contributed by atoms with Crippen LogP contribution in [0.4, 0.5) is 0 Å². The number of amides is 1. The van der Waals surface area contributed by atoms with E-state index in [0.717, 1.165) is 28.0 Å². The summed E-state index contributed by atoms with van der Waals surface area (Å²) in [7, 11) is 1.63. The van der Waals surface area contributed by atoms with Gasteiger partial charge in [-0.2, -0.15) is 4.80 Å². The first-order chi connectivity index (χ1) is 15.1. The van der Waals surface area contributed by atoms with Crippen molar-refractivity contribution in [2.45, 2.75) is 19.5 Å². The average Bonchev–Trinajstić information content (AvgIpc) is 3.27. The molecule has 0 radical (unpaired) electrons. The molecule has 0 saturated heterocycles. The van der Waals surface area contributed by atoms with Gasteiger partial charge in [-0.15, -0.1) is 10.2 Å². The number of carbonyl (C=O) groups excluding carboxylic acids is 1. The van der Waals surface area contributed by atoms with Gasteiger partial charge in [-0.1, -0.05) is 72.3 Å². The summed E-state index contributed by atoms with van der Waals surface area (Å²) < 4.78 is 5.25. The molecule has 0 aliphatic carbocycles. The number of methoxy groups -OCH3 is 1. The Hall–Kier alpha value is -4.00. The van der Waals surface area contributed by atoms with E-state index in [1.54, 1.807) is 7.11 Å². The third kappa shape index (κ3) is 4.95. The van der Waals surface area contributed by atoms with Gasteiger partial charge in [0.1, 0.15) is 12.3 Å². The van der Waals surface area contributed by atoms with Crippen molar-refractivity contribution in [2.75, 3.05) is 7.11 Å². The normalized spacial score (nSPS) is 11.7. The number of tetrazole rings is 1. The summed E-state index contributed by atoms with van der Waals surface area (Å²) in [4.78, 5) is 14.1. The van der Waals surface area contributed by atoms with E-state index < -0.39 is 0 Å². The van der Waals surface area contributed by atoms with Crippen LogP contribution in [0.25, 0.3) is 11.4 Å². The fourth-order valence-electron chi connectivity index (χ4n) is 3.26. The minimum absolute atomic E-state index is 0.0294. The second-order valence-corrected chi connectivity index (χ2v) is 7.19. The maximum atomic E-state index is 12.8. The zero-order valence-electron chi connectivity index (χ0n) is 17.4. The fraction of sp³-hybridized carbons (Fsp3) is 0.167. The molecule has 7 nitrogen and oxygen atoms in total. The molecule has 0 fully saturated rings. The van der Waals surface area contributed by atoms with Gasteiger partial charge in [0.15, 0.2) is 0 Å². The minimum Gasteiger partial charge on any atom is -0.497 e. The van der Waals surface area contributed by atoms with Gasteiger partial charge in [0.25, 0.3) is 0 Å². The van der Waals surface area contributed by atoms with Crippen LogP contribution in [-0.4, -0.2) is 33.2 Å².